The Balaban J connectivity index is 1.58. The molecule has 0 saturated heterocycles. The quantitative estimate of drug-likeness (QED) is 0.698. The molecule has 2 aromatic heterocycles. The van der Waals surface area contributed by atoms with E-state index in [-0.39, 0.29) is 11.7 Å². The monoisotopic (exact) mass is 412 g/mol. The van der Waals surface area contributed by atoms with E-state index in [1.54, 1.807) is 8.71 Å². The van der Waals surface area contributed by atoms with Crippen molar-refractivity contribution >= 4 is 27.3 Å². The zero-order chi connectivity index (χ0) is 20.6. The number of hydrogen-bond acceptors (Lipinski definition) is 4. The number of pyridine rings is 1. The van der Waals surface area contributed by atoms with E-state index in [0.717, 1.165) is 16.8 Å². The van der Waals surface area contributed by atoms with Gasteiger partial charge in [-0.25, -0.2) is 13.4 Å². The minimum absolute atomic E-state index is 0.159. The molecule has 4 rings (SSSR count). The Morgan fingerprint density at radius 1 is 1.21 bits per heavy atom. The van der Waals surface area contributed by atoms with Crippen LogP contribution in [0.1, 0.15) is 40.7 Å². The molecule has 3 heterocycles. The number of aromatic nitrogens is 2. The van der Waals surface area contributed by atoms with Gasteiger partial charge in [-0.2, -0.15) is 4.31 Å². The summed E-state index contributed by atoms with van der Waals surface area (Å²) in [7, 11) is -3.24. The van der Waals surface area contributed by atoms with Crippen molar-refractivity contribution < 1.29 is 13.2 Å². The number of amides is 1. The molecule has 0 atom stereocenters. The van der Waals surface area contributed by atoms with Crippen LogP contribution in [0.4, 0.5) is 5.69 Å². The molecular formula is C21H24N4O3S. The second-order valence-corrected chi connectivity index (χ2v) is 9.40. The average molecular weight is 413 g/mol. The van der Waals surface area contributed by atoms with Crippen molar-refractivity contribution in [1.82, 2.24) is 13.7 Å². The molecule has 8 heteroatoms. The van der Waals surface area contributed by atoms with E-state index >= 15 is 0 Å². The van der Waals surface area contributed by atoms with Crippen LogP contribution in [0.5, 0.6) is 0 Å². The lowest BCUT2D eigenvalue weighted by Crippen LogP contribution is -2.37. The maximum atomic E-state index is 12.9. The Labute approximate surface area is 170 Å². The second-order valence-electron chi connectivity index (χ2n) is 7.31. The van der Waals surface area contributed by atoms with Crippen molar-refractivity contribution in [3.05, 3.63) is 65.1 Å². The highest BCUT2D eigenvalue weighted by atomic mass is 32.2. The Bertz CT molecular complexity index is 1180. The summed E-state index contributed by atoms with van der Waals surface area (Å²) in [4.78, 5) is 17.3. The van der Waals surface area contributed by atoms with Gasteiger partial charge in [-0.15, -0.1) is 0 Å². The molecule has 0 unspecified atom stereocenters. The fraction of sp³-hybridized carbons (Fsp3) is 0.333. The van der Waals surface area contributed by atoms with Gasteiger partial charge in [0.05, 0.1) is 11.4 Å². The van der Waals surface area contributed by atoms with Gasteiger partial charge in [-0.3, -0.25) is 9.20 Å². The normalized spacial score (nSPS) is 14.7. The Kier molecular flexibility index (Phi) is 5.14. The average Bonchev–Trinajstić information content (AvgIpc) is 3.03. The van der Waals surface area contributed by atoms with E-state index < -0.39 is 10.0 Å². The molecule has 29 heavy (non-hydrogen) atoms. The lowest BCUT2D eigenvalue weighted by molar-refractivity contribution is 0.102. The highest BCUT2D eigenvalue weighted by Gasteiger charge is 2.26. The van der Waals surface area contributed by atoms with Crippen molar-refractivity contribution in [2.75, 3.05) is 17.6 Å². The van der Waals surface area contributed by atoms with E-state index in [1.165, 1.54) is 0 Å². The molecule has 1 aliphatic heterocycles. The van der Waals surface area contributed by atoms with Gasteiger partial charge in [-0.05, 0) is 55.2 Å². The third kappa shape index (κ3) is 3.77. The van der Waals surface area contributed by atoms with Crippen LogP contribution in [0.15, 0.2) is 42.6 Å². The number of imidazole rings is 1. The van der Waals surface area contributed by atoms with Crippen LogP contribution in [-0.4, -0.2) is 40.3 Å². The standard InChI is InChI=1S/C21H24N4O3S/c1-3-12-29(27,28)24-11-9-16-7-8-18(13-17(16)14-24)23-21(26)20-15(2)22-19-6-4-5-10-25(19)20/h4-8,10,13H,3,9,11-12,14H2,1-2H3,(H,23,26). The maximum Gasteiger partial charge on any atom is 0.274 e. The van der Waals surface area contributed by atoms with Gasteiger partial charge in [0, 0.05) is 25.0 Å². The van der Waals surface area contributed by atoms with E-state index in [9.17, 15) is 13.2 Å². The van der Waals surface area contributed by atoms with Crippen molar-refractivity contribution in [3.8, 4) is 0 Å². The fourth-order valence-corrected chi connectivity index (χ4v) is 5.29. The zero-order valence-electron chi connectivity index (χ0n) is 16.6. The van der Waals surface area contributed by atoms with Crippen molar-refractivity contribution in [2.24, 2.45) is 0 Å². The number of nitrogens with one attached hydrogen (secondary N) is 1. The molecule has 1 aromatic carbocycles. The molecule has 0 fully saturated rings. The summed E-state index contributed by atoms with van der Waals surface area (Å²) in [5.74, 6) is -0.0841. The molecule has 0 radical (unpaired) electrons. The number of aryl methyl sites for hydroxylation is 1. The van der Waals surface area contributed by atoms with Crippen LogP contribution in [0.3, 0.4) is 0 Å². The zero-order valence-corrected chi connectivity index (χ0v) is 17.4. The summed E-state index contributed by atoms with van der Waals surface area (Å²) in [5.41, 5.74) is 4.57. The molecule has 0 saturated carbocycles. The first-order valence-electron chi connectivity index (χ1n) is 9.73. The van der Waals surface area contributed by atoms with Crippen LogP contribution >= 0.6 is 0 Å². The van der Waals surface area contributed by atoms with Crippen molar-refractivity contribution in [1.29, 1.82) is 0 Å². The Morgan fingerprint density at radius 3 is 2.83 bits per heavy atom. The predicted octanol–water partition coefficient (Wildman–Crippen LogP) is 2.99. The minimum atomic E-state index is -3.24. The molecule has 0 aliphatic carbocycles. The highest BCUT2D eigenvalue weighted by Crippen LogP contribution is 2.25. The summed E-state index contributed by atoms with van der Waals surface area (Å²) < 4.78 is 28.2. The number of carbonyl (C=O) groups excluding carboxylic acids is 1. The van der Waals surface area contributed by atoms with Crippen LogP contribution in [0.2, 0.25) is 0 Å². The number of fused-ring (bicyclic) bond motifs is 2. The summed E-state index contributed by atoms with van der Waals surface area (Å²) >= 11 is 0. The van der Waals surface area contributed by atoms with Crippen molar-refractivity contribution in [3.63, 3.8) is 0 Å². The number of carbonyl (C=O) groups is 1. The first-order chi connectivity index (χ1) is 13.9. The largest absolute Gasteiger partial charge is 0.321 e. The first-order valence-corrected chi connectivity index (χ1v) is 11.3. The van der Waals surface area contributed by atoms with E-state index in [4.69, 9.17) is 0 Å². The SMILES string of the molecule is CCCS(=O)(=O)N1CCc2ccc(NC(=O)c3c(C)nc4ccccn34)cc2C1. The predicted molar refractivity (Wildman–Crippen MR) is 113 cm³/mol. The molecule has 0 spiro atoms. The molecule has 152 valence electrons. The number of benzene rings is 1. The number of hydrogen-bond donors (Lipinski definition) is 1. The van der Waals surface area contributed by atoms with E-state index in [1.807, 2.05) is 56.4 Å². The summed E-state index contributed by atoms with van der Waals surface area (Å²) in [5, 5.41) is 2.94. The minimum Gasteiger partial charge on any atom is -0.321 e. The van der Waals surface area contributed by atoms with Crippen molar-refractivity contribution in [2.45, 2.75) is 33.2 Å². The third-order valence-corrected chi connectivity index (χ3v) is 7.24. The number of nitrogens with zero attached hydrogens (tertiary/aromatic N) is 3. The van der Waals surface area contributed by atoms with Gasteiger partial charge in [0.2, 0.25) is 10.0 Å². The molecule has 3 aromatic rings. The number of anilines is 1. The third-order valence-electron chi connectivity index (χ3n) is 5.22. The van der Waals surface area contributed by atoms with Gasteiger partial charge in [0.25, 0.3) is 5.91 Å². The molecule has 0 bridgehead atoms. The lowest BCUT2D eigenvalue weighted by atomic mass is 10.0. The van der Waals surface area contributed by atoms with Gasteiger partial charge in [0.15, 0.2) is 0 Å². The van der Waals surface area contributed by atoms with Crippen LogP contribution in [-0.2, 0) is 23.0 Å². The van der Waals surface area contributed by atoms with Gasteiger partial charge < -0.3 is 5.32 Å². The maximum absolute atomic E-state index is 12.9. The smallest absolute Gasteiger partial charge is 0.274 e. The highest BCUT2D eigenvalue weighted by molar-refractivity contribution is 7.89. The summed E-state index contributed by atoms with van der Waals surface area (Å²) in [6.07, 6.45) is 3.09. The number of sulfonamides is 1. The van der Waals surface area contributed by atoms with Crippen LogP contribution < -0.4 is 5.32 Å². The fourth-order valence-electron chi connectivity index (χ4n) is 3.81. The molecule has 1 amide bonds. The Morgan fingerprint density at radius 2 is 2.03 bits per heavy atom. The topological polar surface area (TPSA) is 83.8 Å². The molecule has 1 aliphatic rings. The summed E-state index contributed by atoms with van der Waals surface area (Å²) in [6, 6.07) is 11.3. The van der Waals surface area contributed by atoms with Gasteiger partial charge in [0.1, 0.15) is 11.3 Å². The number of rotatable bonds is 5. The van der Waals surface area contributed by atoms with E-state index in [0.29, 0.717) is 43.0 Å². The first kappa shape index (κ1) is 19.6. The molecule has 1 N–H and O–H groups in total. The van der Waals surface area contributed by atoms with Crippen LogP contribution in [0, 0.1) is 6.92 Å². The summed E-state index contributed by atoms with van der Waals surface area (Å²) in [6.45, 7) is 4.52. The van der Waals surface area contributed by atoms with Gasteiger partial charge in [-0.1, -0.05) is 19.1 Å². The molecular weight excluding hydrogens is 388 g/mol. The second kappa shape index (κ2) is 7.61. The molecule has 7 nitrogen and oxygen atoms in total. The van der Waals surface area contributed by atoms with Gasteiger partial charge >= 0.3 is 0 Å². The lowest BCUT2D eigenvalue weighted by Gasteiger charge is -2.28. The van der Waals surface area contributed by atoms with E-state index in [2.05, 4.69) is 10.3 Å². The van der Waals surface area contributed by atoms with Crippen LogP contribution in [0.25, 0.3) is 5.65 Å². The Hall–Kier alpha value is -2.71.